The summed E-state index contributed by atoms with van der Waals surface area (Å²) in [4.78, 5) is 33.1. The van der Waals surface area contributed by atoms with Gasteiger partial charge in [-0.25, -0.2) is 4.98 Å². The van der Waals surface area contributed by atoms with E-state index >= 15 is 0 Å². The molecule has 0 saturated carbocycles. The number of carbonyl (C=O) groups excluding carboxylic acids is 2. The van der Waals surface area contributed by atoms with E-state index < -0.39 is 0 Å². The number of rotatable bonds is 4. The molecule has 8 nitrogen and oxygen atoms in total. The minimum absolute atomic E-state index is 0.252. The van der Waals surface area contributed by atoms with Gasteiger partial charge in [-0.3, -0.25) is 19.3 Å². The number of aryl methyl sites for hydroxylation is 2. The predicted octanol–water partition coefficient (Wildman–Crippen LogP) is 3.18. The van der Waals surface area contributed by atoms with Crippen molar-refractivity contribution in [3.8, 4) is 0 Å². The second kappa shape index (κ2) is 7.51. The van der Waals surface area contributed by atoms with Gasteiger partial charge >= 0.3 is 0 Å². The minimum Gasteiger partial charge on any atom is -0.322 e. The number of nitrogens with zero attached hydrogens (tertiary/aromatic N) is 4. The molecule has 3 aromatic heterocycles. The van der Waals surface area contributed by atoms with Crippen LogP contribution in [-0.2, 0) is 7.05 Å². The van der Waals surface area contributed by atoms with E-state index in [4.69, 9.17) is 0 Å². The number of amides is 2. The number of nitrogens with one attached hydrogen (secondary N) is 2. The minimum atomic E-state index is -0.282. The first-order valence-corrected chi connectivity index (χ1v) is 8.93. The largest absolute Gasteiger partial charge is 0.322 e. The molecule has 0 saturated heterocycles. The molecule has 29 heavy (non-hydrogen) atoms. The molecule has 0 radical (unpaired) electrons. The third-order valence-electron chi connectivity index (χ3n) is 4.45. The topological polar surface area (TPSA) is 102 Å². The molecular formula is C21H18N6O2. The summed E-state index contributed by atoms with van der Waals surface area (Å²) < 4.78 is 1.68. The molecule has 8 heteroatoms. The fraction of sp³-hybridized carbons (Fsp3) is 0.0952. The Morgan fingerprint density at radius 2 is 1.66 bits per heavy atom. The number of anilines is 2. The molecule has 3 heterocycles. The monoisotopic (exact) mass is 386 g/mol. The Morgan fingerprint density at radius 1 is 0.931 bits per heavy atom. The van der Waals surface area contributed by atoms with Crippen LogP contribution in [0.25, 0.3) is 11.0 Å². The fourth-order valence-corrected chi connectivity index (χ4v) is 2.98. The van der Waals surface area contributed by atoms with E-state index in [0.717, 1.165) is 16.7 Å². The van der Waals surface area contributed by atoms with Crippen LogP contribution in [-0.4, -0.2) is 31.6 Å². The Morgan fingerprint density at radius 3 is 2.38 bits per heavy atom. The Kier molecular flexibility index (Phi) is 4.74. The van der Waals surface area contributed by atoms with Crippen LogP contribution >= 0.6 is 0 Å². The van der Waals surface area contributed by atoms with Crippen molar-refractivity contribution < 1.29 is 9.59 Å². The molecule has 0 bridgehead atoms. The van der Waals surface area contributed by atoms with Crippen molar-refractivity contribution in [1.82, 2.24) is 19.7 Å². The molecule has 4 aromatic rings. The molecule has 0 spiro atoms. The second-order valence-electron chi connectivity index (χ2n) is 6.53. The van der Waals surface area contributed by atoms with Gasteiger partial charge in [0.05, 0.1) is 23.1 Å². The zero-order chi connectivity index (χ0) is 20.4. The van der Waals surface area contributed by atoms with E-state index in [1.54, 1.807) is 59.5 Å². The normalized spacial score (nSPS) is 10.7. The highest BCUT2D eigenvalue weighted by molar-refractivity contribution is 6.07. The van der Waals surface area contributed by atoms with Crippen LogP contribution in [0.2, 0.25) is 0 Å². The van der Waals surface area contributed by atoms with Crippen molar-refractivity contribution in [2.75, 3.05) is 10.6 Å². The summed E-state index contributed by atoms with van der Waals surface area (Å²) in [5, 5.41) is 10.7. The SMILES string of the molecule is Cc1nn(C)c2ncc(C(=O)Nc3ccc(C(=O)Nc4cccnc4)cc3)cc12. The van der Waals surface area contributed by atoms with Crippen LogP contribution in [0.15, 0.2) is 61.1 Å². The number of carbonyl (C=O) groups is 2. The van der Waals surface area contributed by atoms with Gasteiger partial charge in [-0.2, -0.15) is 5.10 Å². The zero-order valence-electron chi connectivity index (χ0n) is 15.9. The van der Waals surface area contributed by atoms with Crippen molar-refractivity contribution in [2.24, 2.45) is 7.05 Å². The van der Waals surface area contributed by atoms with Gasteiger partial charge in [-0.1, -0.05) is 0 Å². The molecule has 2 N–H and O–H groups in total. The van der Waals surface area contributed by atoms with Gasteiger partial charge in [0.15, 0.2) is 5.65 Å². The average molecular weight is 386 g/mol. The molecular weight excluding hydrogens is 368 g/mol. The summed E-state index contributed by atoms with van der Waals surface area (Å²) in [7, 11) is 1.81. The quantitative estimate of drug-likeness (QED) is 0.561. The van der Waals surface area contributed by atoms with E-state index in [9.17, 15) is 9.59 Å². The van der Waals surface area contributed by atoms with Crippen molar-refractivity contribution in [3.63, 3.8) is 0 Å². The molecule has 0 aliphatic heterocycles. The van der Waals surface area contributed by atoms with Crippen molar-refractivity contribution in [3.05, 3.63) is 77.9 Å². The summed E-state index contributed by atoms with van der Waals surface area (Å²) >= 11 is 0. The van der Waals surface area contributed by atoms with Crippen LogP contribution in [0, 0.1) is 6.92 Å². The van der Waals surface area contributed by atoms with Gasteiger partial charge in [0.1, 0.15) is 0 Å². The first-order valence-electron chi connectivity index (χ1n) is 8.93. The molecule has 2 amide bonds. The smallest absolute Gasteiger partial charge is 0.257 e. The molecule has 0 aliphatic rings. The van der Waals surface area contributed by atoms with Gasteiger partial charge in [-0.05, 0) is 49.4 Å². The first-order chi connectivity index (χ1) is 14.0. The maximum atomic E-state index is 12.6. The van der Waals surface area contributed by atoms with Crippen molar-refractivity contribution >= 4 is 34.2 Å². The molecule has 0 unspecified atom stereocenters. The summed E-state index contributed by atoms with van der Waals surface area (Å²) in [6.45, 7) is 1.88. The third kappa shape index (κ3) is 3.81. The second-order valence-corrected chi connectivity index (χ2v) is 6.53. The molecule has 4 rings (SSSR count). The number of benzene rings is 1. The van der Waals surface area contributed by atoms with E-state index in [-0.39, 0.29) is 11.8 Å². The average Bonchev–Trinajstić information content (AvgIpc) is 3.02. The summed E-state index contributed by atoms with van der Waals surface area (Å²) in [5.74, 6) is -0.534. The standard InChI is InChI=1S/C21H18N6O2/c1-13-18-10-15(11-23-19(18)27(2)26-13)21(29)24-16-7-5-14(6-8-16)20(28)25-17-4-3-9-22-12-17/h3-12H,1-2H3,(H,24,29)(H,25,28). The lowest BCUT2D eigenvalue weighted by Gasteiger charge is -2.08. The van der Waals surface area contributed by atoms with Gasteiger partial charge in [0, 0.05) is 36.1 Å². The Hall–Kier alpha value is -4.07. The number of fused-ring (bicyclic) bond motifs is 1. The lowest BCUT2D eigenvalue weighted by atomic mass is 10.1. The van der Waals surface area contributed by atoms with E-state index in [1.165, 1.54) is 6.20 Å². The van der Waals surface area contributed by atoms with Crippen LogP contribution in [0.4, 0.5) is 11.4 Å². The third-order valence-corrected chi connectivity index (χ3v) is 4.45. The number of pyridine rings is 2. The van der Waals surface area contributed by atoms with Crippen LogP contribution in [0.5, 0.6) is 0 Å². The molecule has 0 atom stereocenters. The number of hydrogen-bond acceptors (Lipinski definition) is 5. The highest BCUT2D eigenvalue weighted by Gasteiger charge is 2.13. The lowest BCUT2D eigenvalue weighted by molar-refractivity contribution is 0.101. The summed E-state index contributed by atoms with van der Waals surface area (Å²) in [6, 6.07) is 11.9. The van der Waals surface area contributed by atoms with Gasteiger partial charge < -0.3 is 10.6 Å². The van der Waals surface area contributed by atoms with Crippen LogP contribution < -0.4 is 10.6 Å². The van der Waals surface area contributed by atoms with Crippen LogP contribution in [0.3, 0.4) is 0 Å². The molecule has 0 aliphatic carbocycles. The Balaban J connectivity index is 1.46. The maximum absolute atomic E-state index is 12.6. The van der Waals surface area contributed by atoms with Gasteiger partial charge in [0.2, 0.25) is 0 Å². The van der Waals surface area contributed by atoms with Crippen molar-refractivity contribution in [1.29, 1.82) is 0 Å². The Labute approximate surface area is 166 Å². The zero-order valence-corrected chi connectivity index (χ0v) is 15.9. The molecule has 1 aromatic carbocycles. The Bertz CT molecular complexity index is 1200. The predicted molar refractivity (Wildman–Crippen MR) is 110 cm³/mol. The van der Waals surface area contributed by atoms with Gasteiger partial charge in [-0.15, -0.1) is 0 Å². The molecule has 144 valence electrons. The fourth-order valence-electron chi connectivity index (χ4n) is 2.98. The van der Waals surface area contributed by atoms with E-state index in [0.29, 0.717) is 22.5 Å². The number of hydrogen-bond donors (Lipinski definition) is 2. The first kappa shape index (κ1) is 18.3. The lowest BCUT2D eigenvalue weighted by Crippen LogP contribution is -2.14. The summed E-state index contributed by atoms with van der Waals surface area (Å²) in [5.41, 5.74) is 3.64. The van der Waals surface area contributed by atoms with Gasteiger partial charge in [0.25, 0.3) is 11.8 Å². The number of aromatic nitrogens is 4. The maximum Gasteiger partial charge on any atom is 0.257 e. The highest BCUT2D eigenvalue weighted by atomic mass is 16.2. The van der Waals surface area contributed by atoms with Crippen LogP contribution in [0.1, 0.15) is 26.4 Å². The molecule has 0 fully saturated rings. The van der Waals surface area contributed by atoms with E-state index in [2.05, 4.69) is 25.7 Å². The summed E-state index contributed by atoms with van der Waals surface area (Å²) in [6.07, 6.45) is 4.73. The highest BCUT2D eigenvalue weighted by Crippen LogP contribution is 2.18. The van der Waals surface area contributed by atoms with Crippen molar-refractivity contribution in [2.45, 2.75) is 6.92 Å². The van der Waals surface area contributed by atoms with E-state index in [1.807, 2.05) is 14.0 Å².